The first kappa shape index (κ1) is 20.2. The van der Waals surface area contributed by atoms with Gasteiger partial charge in [-0.15, -0.1) is 11.3 Å². The van der Waals surface area contributed by atoms with Crippen molar-refractivity contribution in [3.05, 3.63) is 58.4 Å². The number of aliphatic hydroxyl groups excluding tert-OH is 1. The molecule has 0 bridgehead atoms. The Morgan fingerprint density at radius 2 is 2.00 bits per heavy atom. The Bertz CT molecular complexity index is 1130. The van der Waals surface area contributed by atoms with Crippen molar-refractivity contribution in [1.82, 2.24) is 0 Å². The fourth-order valence-electron chi connectivity index (χ4n) is 3.95. The molecule has 1 fully saturated rings. The molecule has 1 saturated heterocycles. The zero-order chi connectivity index (χ0) is 21.5. The van der Waals surface area contributed by atoms with Crippen LogP contribution in [-0.4, -0.2) is 44.0 Å². The molecule has 1 amide bonds. The fraction of sp³-hybridized carbons (Fsp3) is 0.261. The summed E-state index contributed by atoms with van der Waals surface area (Å²) in [7, 11) is 1.61. The van der Waals surface area contributed by atoms with Gasteiger partial charge in [0.1, 0.15) is 16.4 Å². The molecule has 0 aliphatic carbocycles. The van der Waals surface area contributed by atoms with E-state index in [1.54, 1.807) is 12.0 Å². The predicted octanol–water partition coefficient (Wildman–Crippen LogP) is 4.64. The van der Waals surface area contributed by atoms with Gasteiger partial charge in [0.2, 0.25) is 0 Å². The number of carbonyl (C=O) groups excluding carboxylic acids is 1. The number of fused-ring (bicyclic) bond motifs is 1. The summed E-state index contributed by atoms with van der Waals surface area (Å²) in [5.41, 5.74) is 2.61. The minimum Gasteiger partial charge on any atom is -0.495 e. The number of ether oxygens (including phenoxy) is 2. The molecule has 3 heterocycles. The molecule has 160 valence electrons. The summed E-state index contributed by atoms with van der Waals surface area (Å²) in [5, 5.41) is 10.5. The molecule has 5 rings (SSSR count). The summed E-state index contributed by atoms with van der Waals surface area (Å²) in [4.78, 5) is 18.5. The normalized spacial score (nSPS) is 18.2. The van der Waals surface area contributed by atoms with Crippen LogP contribution in [0.1, 0.15) is 16.1 Å². The molecule has 1 aromatic heterocycles. The van der Waals surface area contributed by atoms with Crippen molar-refractivity contribution in [2.75, 3.05) is 36.7 Å². The van der Waals surface area contributed by atoms with Crippen molar-refractivity contribution < 1.29 is 19.4 Å². The first-order valence-corrected chi connectivity index (χ1v) is 11.2. The maximum atomic E-state index is 13.3. The number of benzene rings is 2. The molecule has 3 aromatic rings. The number of thiophene rings is 1. The van der Waals surface area contributed by atoms with Crippen molar-refractivity contribution in [1.29, 1.82) is 0 Å². The Hall–Kier alpha value is -2.74. The molecule has 1 N–H and O–H groups in total. The molecule has 0 radical (unpaired) electrons. The van der Waals surface area contributed by atoms with Gasteiger partial charge >= 0.3 is 0 Å². The highest BCUT2D eigenvalue weighted by Gasteiger charge is 2.31. The summed E-state index contributed by atoms with van der Waals surface area (Å²) >= 11 is 7.39. The summed E-state index contributed by atoms with van der Waals surface area (Å²) in [6.45, 7) is 1.48. The molecular formula is C23H21ClN2O4S. The molecule has 2 aliphatic rings. The zero-order valence-corrected chi connectivity index (χ0v) is 18.4. The number of aliphatic hydroxyl groups is 1. The van der Waals surface area contributed by atoms with E-state index in [1.165, 1.54) is 11.3 Å². The number of β-amino-alcohol motifs (C(OH)–C–C–N with tert-alkyl or cyclic N) is 1. The van der Waals surface area contributed by atoms with Gasteiger partial charge in [0.05, 0.1) is 24.6 Å². The molecular weight excluding hydrogens is 436 g/mol. The summed E-state index contributed by atoms with van der Waals surface area (Å²) < 4.78 is 11.5. The van der Waals surface area contributed by atoms with Crippen molar-refractivity contribution in [3.63, 3.8) is 0 Å². The number of hydrogen-bond donors (Lipinski definition) is 1. The van der Waals surface area contributed by atoms with Gasteiger partial charge in [0.15, 0.2) is 6.73 Å². The predicted molar refractivity (Wildman–Crippen MR) is 123 cm³/mol. The van der Waals surface area contributed by atoms with Crippen molar-refractivity contribution >= 4 is 40.2 Å². The highest BCUT2D eigenvalue weighted by atomic mass is 35.5. The van der Waals surface area contributed by atoms with Crippen LogP contribution in [0.3, 0.4) is 0 Å². The van der Waals surface area contributed by atoms with Crippen LogP contribution >= 0.6 is 22.9 Å². The summed E-state index contributed by atoms with van der Waals surface area (Å²) in [6.07, 6.45) is 0.411. The number of nitrogens with zero attached hydrogens (tertiary/aromatic N) is 2. The second kappa shape index (κ2) is 8.07. The van der Waals surface area contributed by atoms with Crippen LogP contribution in [-0.2, 0) is 0 Å². The van der Waals surface area contributed by atoms with E-state index in [4.69, 9.17) is 21.1 Å². The Morgan fingerprint density at radius 3 is 2.71 bits per heavy atom. The minimum absolute atomic E-state index is 0.0992. The standard InChI is InChI=1S/C23H21ClN2O4S/c1-29-19-10-16(6-7-18(19)25-9-8-17(27)12-25)26-13-30-20-11-21(31-22(20)23(26)28)14-2-4-15(24)5-3-14/h2-7,10-11,17,27H,8-9,12-13H2,1H3/t17-/m1/s1. The SMILES string of the molecule is COc1cc(N2COc3cc(-c4ccc(Cl)cc4)sc3C2=O)ccc1N1CC[C@@H](O)C1. The van der Waals surface area contributed by atoms with Crippen molar-refractivity contribution in [2.24, 2.45) is 0 Å². The summed E-state index contributed by atoms with van der Waals surface area (Å²) in [6, 6.07) is 15.1. The number of hydrogen-bond acceptors (Lipinski definition) is 6. The second-order valence-electron chi connectivity index (χ2n) is 7.56. The third kappa shape index (κ3) is 3.73. The van der Waals surface area contributed by atoms with Crippen LogP contribution in [0.25, 0.3) is 10.4 Å². The summed E-state index contributed by atoms with van der Waals surface area (Å²) in [5.74, 6) is 1.17. The van der Waals surface area contributed by atoms with Crippen molar-refractivity contribution in [3.8, 4) is 21.9 Å². The largest absolute Gasteiger partial charge is 0.495 e. The average Bonchev–Trinajstić information content (AvgIpc) is 3.41. The van der Waals surface area contributed by atoms with E-state index in [0.717, 1.165) is 29.1 Å². The van der Waals surface area contributed by atoms with Gasteiger partial charge in [-0.3, -0.25) is 9.69 Å². The second-order valence-corrected chi connectivity index (χ2v) is 9.05. The molecule has 31 heavy (non-hydrogen) atoms. The van der Waals surface area contributed by atoms with Crippen LogP contribution in [0.2, 0.25) is 5.02 Å². The Morgan fingerprint density at radius 1 is 1.19 bits per heavy atom. The average molecular weight is 457 g/mol. The highest BCUT2D eigenvalue weighted by molar-refractivity contribution is 7.18. The fourth-order valence-corrected chi connectivity index (χ4v) is 5.13. The van der Waals surface area contributed by atoms with Gasteiger partial charge in [-0.2, -0.15) is 0 Å². The van der Waals surface area contributed by atoms with E-state index < -0.39 is 0 Å². The Labute approximate surface area is 189 Å². The highest BCUT2D eigenvalue weighted by Crippen LogP contribution is 2.41. The molecule has 6 nitrogen and oxygen atoms in total. The van der Waals surface area contributed by atoms with E-state index in [-0.39, 0.29) is 18.7 Å². The number of halogens is 1. The first-order chi connectivity index (χ1) is 15.0. The Kier molecular flexibility index (Phi) is 5.25. The van der Waals surface area contributed by atoms with Crippen LogP contribution in [0.15, 0.2) is 48.5 Å². The lowest BCUT2D eigenvalue weighted by Crippen LogP contribution is -2.37. The third-order valence-electron chi connectivity index (χ3n) is 5.59. The monoisotopic (exact) mass is 456 g/mol. The lowest BCUT2D eigenvalue weighted by Gasteiger charge is -2.28. The molecule has 2 aromatic carbocycles. The number of rotatable bonds is 4. The molecule has 0 unspecified atom stereocenters. The van der Waals surface area contributed by atoms with E-state index in [2.05, 4.69) is 4.90 Å². The molecule has 2 aliphatic heterocycles. The third-order valence-corrected chi connectivity index (χ3v) is 7.00. The van der Waals surface area contributed by atoms with E-state index in [9.17, 15) is 9.90 Å². The van der Waals surface area contributed by atoms with Gasteiger partial charge in [-0.25, -0.2) is 0 Å². The van der Waals surface area contributed by atoms with E-state index in [0.29, 0.717) is 33.6 Å². The number of amides is 1. The van der Waals surface area contributed by atoms with Crippen LogP contribution in [0, 0.1) is 0 Å². The van der Waals surface area contributed by atoms with Crippen LogP contribution < -0.4 is 19.3 Å². The lowest BCUT2D eigenvalue weighted by atomic mass is 10.2. The molecule has 0 spiro atoms. The molecule has 0 saturated carbocycles. The van der Waals surface area contributed by atoms with Gasteiger partial charge in [0.25, 0.3) is 5.91 Å². The first-order valence-electron chi connectivity index (χ1n) is 9.99. The number of methoxy groups -OCH3 is 1. The maximum absolute atomic E-state index is 13.3. The van der Waals surface area contributed by atoms with E-state index >= 15 is 0 Å². The number of carbonyl (C=O) groups is 1. The van der Waals surface area contributed by atoms with Crippen molar-refractivity contribution in [2.45, 2.75) is 12.5 Å². The zero-order valence-electron chi connectivity index (χ0n) is 16.9. The Balaban J connectivity index is 1.42. The van der Waals surface area contributed by atoms with Crippen LogP contribution in [0.4, 0.5) is 11.4 Å². The van der Waals surface area contributed by atoms with Gasteiger partial charge in [-0.05, 0) is 42.3 Å². The quantitative estimate of drug-likeness (QED) is 0.619. The molecule has 8 heteroatoms. The van der Waals surface area contributed by atoms with Gasteiger partial charge in [-0.1, -0.05) is 23.7 Å². The minimum atomic E-state index is -0.325. The molecule has 1 atom stereocenters. The smallest absolute Gasteiger partial charge is 0.274 e. The maximum Gasteiger partial charge on any atom is 0.274 e. The number of anilines is 2. The lowest BCUT2D eigenvalue weighted by molar-refractivity contribution is 0.0943. The van der Waals surface area contributed by atoms with E-state index in [1.807, 2.05) is 48.5 Å². The van der Waals surface area contributed by atoms with Gasteiger partial charge in [0, 0.05) is 29.1 Å². The topological polar surface area (TPSA) is 62.2 Å². The van der Waals surface area contributed by atoms with Crippen LogP contribution in [0.5, 0.6) is 11.5 Å². The van der Waals surface area contributed by atoms with Gasteiger partial charge < -0.3 is 19.5 Å².